The number of amides is 2. The lowest BCUT2D eigenvalue weighted by atomic mass is 9.93. The van der Waals surface area contributed by atoms with E-state index in [0.29, 0.717) is 19.7 Å². The van der Waals surface area contributed by atoms with Gasteiger partial charge in [0, 0.05) is 19.1 Å². The van der Waals surface area contributed by atoms with Crippen LogP contribution in [0.15, 0.2) is 30.3 Å². The van der Waals surface area contributed by atoms with Crippen LogP contribution in [0.25, 0.3) is 0 Å². The first kappa shape index (κ1) is 18.3. The molecule has 1 heterocycles. The zero-order valence-electron chi connectivity index (χ0n) is 14.7. The fourth-order valence-corrected chi connectivity index (χ4v) is 3.15. The van der Waals surface area contributed by atoms with E-state index in [9.17, 15) is 9.59 Å². The number of carbonyl (C=O) groups is 2. The number of ether oxygens (including phenoxy) is 1. The highest BCUT2D eigenvalue weighted by molar-refractivity contribution is 5.83. The predicted molar refractivity (Wildman–Crippen MR) is 93.9 cm³/mol. The Morgan fingerprint density at radius 3 is 2.46 bits per heavy atom. The van der Waals surface area contributed by atoms with Gasteiger partial charge in [-0.1, -0.05) is 43.7 Å². The number of benzene rings is 1. The molecule has 5 nitrogen and oxygen atoms in total. The van der Waals surface area contributed by atoms with Crippen LogP contribution in [-0.2, 0) is 9.53 Å². The van der Waals surface area contributed by atoms with Crippen molar-refractivity contribution in [2.75, 3.05) is 19.7 Å². The quantitative estimate of drug-likeness (QED) is 0.869. The number of hydrogen-bond donors (Lipinski definition) is 1. The van der Waals surface area contributed by atoms with Gasteiger partial charge in [-0.25, -0.2) is 4.79 Å². The van der Waals surface area contributed by atoms with E-state index in [0.717, 1.165) is 31.2 Å². The Labute approximate surface area is 144 Å². The molecule has 1 unspecified atom stereocenters. The lowest BCUT2D eigenvalue weighted by Crippen LogP contribution is -2.47. The van der Waals surface area contributed by atoms with Crippen molar-refractivity contribution < 1.29 is 14.3 Å². The van der Waals surface area contributed by atoms with Crippen molar-refractivity contribution in [2.45, 2.75) is 51.5 Å². The van der Waals surface area contributed by atoms with Crippen molar-refractivity contribution in [3.05, 3.63) is 35.9 Å². The van der Waals surface area contributed by atoms with E-state index >= 15 is 0 Å². The monoisotopic (exact) mass is 332 g/mol. The van der Waals surface area contributed by atoms with Gasteiger partial charge >= 0.3 is 6.09 Å². The number of nitrogens with one attached hydrogen (secondary N) is 1. The number of nitrogens with zero attached hydrogens (tertiary/aromatic N) is 1. The Balaban J connectivity index is 1.88. The van der Waals surface area contributed by atoms with Gasteiger partial charge in [-0.3, -0.25) is 4.79 Å². The van der Waals surface area contributed by atoms with Gasteiger partial charge < -0.3 is 15.0 Å². The molecule has 0 spiro atoms. The molecule has 1 aliphatic rings. The smallest absolute Gasteiger partial charge is 0.409 e. The molecule has 0 saturated carbocycles. The van der Waals surface area contributed by atoms with Gasteiger partial charge in [0.25, 0.3) is 0 Å². The molecule has 2 rings (SSSR count). The van der Waals surface area contributed by atoms with E-state index in [1.807, 2.05) is 37.3 Å². The summed E-state index contributed by atoms with van der Waals surface area (Å²) >= 11 is 0. The highest BCUT2D eigenvalue weighted by Crippen LogP contribution is 2.22. The molecule has 0 bridgehead atoms. The van der Waals surface area contributed by atoms with Gasteiger partial charge in [0.05, 0.1) is 12.5 Å². The van der Waals surface area contributed by atoms with Crippen LogP contribution in [0.2, 0.25) is 0 Å². The second-order valence-corrected chi connectivity index (χ2v) is 6.22. The molecule has 132 valence electrons. The van der Waals surface area contributed by atoms with Gasteiger partial charge in [-0.2, -0.15) is 0 Å². The molecular weight excluding hydrogens is 304 g/mol. The number of likely N-dealkylation sites (tertiary alicyclic amines) is 1. The molecule has 1 fully saturated rings. The predicted octanol–water partition coefficient (Wildman–Crippen LogP) is 3.31. The average Bonchev–Trinajstić information content (AvgIpc) is 2.61. The van der Waals surface area contributed by atoms with Crippen molar-refractivity contribution in [1.29, 1.82) is 0 Å². The SMILES string of the molecule is CCCC(C(=O)NC1CCN(C(=O)OCC)CC1)c1ccccc1. The minimum Gasteiger partial charge on any atom is -0.450 e. The Hall–Kier alpha value is -2.04. The molecule has 1 saturated heterocycles. The largest absolute Gasteiger partial charge is 0.450 e. The van der Waals surface area contributed by atoms with Crippen molar-refractivity contribution in [1.82, 2.24) is 10.2 Å². The zero-order valence-corrected chi connectivity index (χ0v) is 14.7. The summed E-state index contributed by atoms with van der Waals surface area (Å²) in [5.74, 6) is -0.00285. The maximum absolute atomic E-state index is 12.7. The first-order chi connectivity index (χ1) is 11.7. The standard InChI is InChI=1S/C19H28N2O3/c1-3-8-17(15-9-6-5-7-10-15)18(22)20-16-11-13-21(14-12-16)19(23)24-4-2/h5-7,9-10,16-17H,3-4,8,11-14H2,1-2H3,(H,20,22). The minimum absolute atomic E-state index is 0.0950. The van der Waals surface area contributed by atoms with Crippen LogP contribution in [0.4, 0.5) is 4.79 Å². The van der Waals surface area contributed by atoms with E-state index in [1.54, 1.807) is 4.90 Å². The highest BCUT2D eigenvalue weighted by Gasteiger charge is 2.27. The summed E-state index contributed by atoms with van der Waals surface area (Å²) in [6.45, 7) is 5.57. The van der Waals surface area contributed by atoms with Crippen LogP contribution >= 0.6 is 0 Å². The van der Waals surface area contributed by atoms with Gasteiger partial charge in [-0.15, -0.1) is 0 Å². The fraction of sp³-hybridized carbons (Fsp3) is 0.579. The molecule has 1 aromatic carbocycles. The maximum Gasteiger partial charge on any atom is 0.409 e. The molecule has 24 heavy (non-hydrogen) atoms. The lowest BCUT2D eigenvalue weighted by Gasteiger charge is -2.32. The first-order valence-electron chi connectivity index (χ1n) is 8.92. The molecule has 0 aromatic heterocycles. The normalized spacial score (nSPS) is 16.5. The van der Waals surface area contributed by atoms with Crippen molar-refractivity contribution >= 4 is 12.0 Å². The van der Waals surface area contributed by atoms with E-state index in [1.165, 1.54) is 0 Å². The van der Waals surface area contributed by atoms with Gasteiger partial charge in [0.1, 0.15) is 0 Å². The third-order valence-electron chi connectivity index (χ3n) is 4.46. The molecule has 0 radical (unpaired) electrons. The van der Waals surface area contributed by atoms with Crippen LogP contribution in [0.5, 0.6) is 0 Å². The van der Waals surface area contributed by atoms with Crippen LogP contribution in [0, 0.1) is 0 Å². The summed E-state index contributed by atoms with van der Waals surface area (Å²) in [5, 5.41) is 3.18. The number of piperidine rings is 1. The molecule has 0 aliphatic carbocycles. The third kappa shape index (κ3) is 4.98. The molecule has 1 aliphatic heterocycles. The van der Waals surface area contributed by atoms with Gasteiger partial charge in [0.2, 0.25) is 5.91 Å². The summed E-state index contributed by atoms with van der Waals surface area (Å²) in [6.07, 6.45) is 3.11. The number of hydrogen-bond acceptors (Lipinski definition) is 3. The summed E-state index contributed by atoms with van der Waals surface area (Å²) < 4.78 is 5.03. The summed E-state index contributed by atoms with van der Waals surface area (Å²) in [4.78, 5) is 26.1. The van der Waals surface area contributed by atoms with Gasteiger partial charge in [0.15, 0.2) is 0 Å². The third-order valence-corrected chi connectivity index (χ3v) is 4.46. The van der Waals surface area contributed by atoms with Crippen LogP contribution < -0.4 is 5.32 Å². The fourth-order valence-electron chi connectivity index (χ4n) is 3.15. The summed E-state index contributed by atoms with van der Waals surface area (Å²) in [5.41, 5.74) is 1.07. The van der Waals surface area contributed by atoms with Gasteiger partial charge in [-0.05, 0) is 31.7 Å². The van der Waals surface area contributed by atoms with Crippen molar-refractivity contribution in [3.63, 3.8) is 0 Å². The summed E-state index contributed by atoms with van der Waals surface area (Å²) in [7, 11) is 0. The molecule has 2 amide bonds. The number of rotatable bonds is 6. The van der Waals surface area contributed by atoms with E-state index < -0.39 is 0 Å². The number of carbonyl (C=O) groups excluding carboxylic acids is 2. The molecule has 1 atom stereocenters. The molecule has 5 heteroatoms. The lowest BCUT2D eigenvalue weighted by molar-refractivity contribution is -0.123. The Bertz CT molecular complexity index is 525. The highest BCUT2D eigenvalue weighted by atomic mass is 16.6. The second kappa shape index (κ2) is 9.30. The van der Waals surface area contributed by atoms with Crippen molar-refractivity contribution in [3.8, 4) is 0 Å². The molecule has 1 N–H and O–H groups in total. The van der Waals surface area contributed by atoms with Crippen LogP contribution in [-0.4, -0.2) is 42.6 Å². The van der Waals surface area contributed by atoms with Crippen molar-refractivity contribution in [2.24, 2.45) is 0 Å². The van der Waals surface area contributed by atoms with E-state index in [4.69, 9.17) is 4.74 Å². The maximum atomic E-state index is 12.7. The Morgan fingerprint density at radius 1 is 1.21 bits per heavy atom. The molecular formula is C19H28N2O3. The van der Waals surface area contributed by atoms with E-state index in [2.05, 4.69) is 12.2 Å². The zero-order chi connectivity index (χ0) is 17.4. The van der Waals surface area contributed by atoms with Crippen LogP contribution in [0.1, 0.15) is 51.0 Å². The first-order valence-corrected chi connectivity index (χ1v) is 8.92. The van der Waals surface area contributed by atoms with E-state index in [-0.39, 0.29) is 24.0 Å². The topological polar surface area (TPSA) is 58.6 Å². The Kier molecular flexibility index (Phi) is 7.09. The average molecular weight is 332 g/mol. The minimum atomic E-state index is -0.254. The second-order valence-electron chi connectivity index (χ2n) is 6.22. The molecule has 1 aromatic rings. The van der Waals surface area contributed by atoms with Crippen LogP contribution in [0.3, 0.4) is 0 Å². The summed E-state index contributed by atoms with van der Waals surface area (Å²) in [6, 6.07) is 10.1. The Morgan fingerprint density at radius 2 is 1.88 bits per heavy atom.